The third kappa shape index (κ3) is 2.92. The minimum absolute atomic E-state index is 0.491. The van der Waals surface area contributed by atoms with E-state index in [1.165, 1.54) is 12.8 Å². The van der Waals surface area contributed by atoms with E-state index in [-0.39, 0.29) is 0 Å². The Morgan fingerprint density at radius 2 is 2.10 bits per heavy atom. The van der Waals surface area contributed by atoms with E-state index in [0.29, 0.717) is 12.5 Å². The summed E-state index contributed by atoms with van der Waals surface area (Å²) in [5, 5.41) is 15.7. The molecule has 2 heterocycles. The van der Waals surface area contributed by atoms with Gasteiger partial charge in [-0.05, 0) is 55.5 Å². The molecule has 0 bridgehead atoms. The number of aryl methyl sites for hydroxylation is 2. The van der Waals surface area contributed by atoms with Crippen LogP contribution in [-0.4, -0.2) is 44.0 Å². The quantitative estimate of drug-likeness (QED) is 0.882. The molecule has 1 aliphatic heterocycles. The zero-order valence-corrected chi connectivity index (χ0v) is 14.9. The van der Waals surface area contributed by atoms with Crippen LogP contribution in [0.5, 0.6) is 0 Å². The SMILES string of the molecule is CCc1nn(CC)c(CC2(O)CC(C)N(C3CC3)C2)c1Br. The Kier molecular flexibility index (Phi) is 4.19. The van der Waals surface area contributed by atoms with Crippen LogP contribution in [0, 0.1) is 0 Å². The maximum atomic E-state index is 11.1. The molecule has 21 heavy (non-hydrogen) atoms. The van der Waals surface area contributed by atoms with Crippen LogP contribution in [0.15, 0.2) is 4.47 Å². The first kappa shape index (κ1) is 15.5. The highest BCUT2D eigenvalue weighted by molar-refractivity contribution is 9.10. The van der Waals surface area contributed by atoms with Crippen LogP contribution in [0.1, 0.15) is 51.4 Å². The smallest absolute Gasteiger partial charge is 0.0844 e. The monoisotopic (exact) mass is 355 g/mol. The van der Waals surface area contributed by atoms with Crippen LogP contribution in [0.25, 0.3) is 0 Å². The van der Waals surface area contributed by atoms with Crippen LogP contribution in [0.3, 0.4) is 0 Å². The molecule has 2 atom stereocenters. The van der Waals surface area contributed by atoms with Crippen molar-refractivity contribution in [2.24, 2.45) is 0 Å². The van der Waals surface area contributed by atoms with Gasteiger partial charge in [-0.15, -0.1) is 0 Å². The molecule has 1 aliphatic carbocycles. The molecule has 2 aliphatic rings. The predicted octanol–water partition coefficient (Wildman–Crippen LogP) is 2.76. The zero-order valence-electron chi connectivity index (χ0n) is 13.3. The highest BCUT2D eigenvalue weighted by Crippen LogP contribution is 2.39. The Bertz CT molecular complexity index is 526. The molecule has 1 N–H and O–H groups in total. The highest BCUT2D eigenvalue weighted by atomic mass is 79.9. The lowest BCUT2D eigenvalue weighted by atomic mass is 9.94. The first-order valence-electron chi connectivity index (χ1n) is 8.19. The van der Waals surface area contributed by atoms with E-state index in [0.717, 1.165) is 47.8 Å². The Balaban J connectivity index is 1.81. The summed E-state index contributed by atoms with van der Waals surface area (Å²) in [7, 11) is 0. The standard InChI is InChI=1S/C16H26BrN3O/c1-4-13-15(17)14(20(5-2)18-13)9-16(21)8-11(3)19(10-16)12-6-7-12/h11-12,21H,4-10H2,1-3H3. The van der Waals surface area contributed by atoms with Gasteiger partial charge in [-0.3, -0.25) is 9.58 Å². The van der Waals surface area contributed by atoms with Gasteiger partial charge in [0.15, 0.2) is 0 Å². The molecular weight excluding hydrogens is 330 g/mol. The number of aromatic nitrogens is 2. The molecule has 0 amide bonds. The molecule has 1 saturated carbocycles. The van der Waals surface area contributed by atoms with Crippen molar-refractivity contribution in [1.82, 2.24) is 14.7 Å². The zero-order chi connectivity index (χ0) is 15.2. The molecule has 2 fully saturated rings. The second-order valence-electron chi connectivity index (χ2n) is 6.73. The molecule has 0 aromatic carbocycles. The van der Waals surface area contributed by atoms with Crippen LogP contribution in [0.4, 0.5) is 0 Å². The normalized spacial score (nSPS) is 30.2. The first-order valence-corrected chi connectivity index (χ1v) is 8.99. The van der Waals surface area contributed by atoms with Crippen molar-refractivity contribution in [1.29, 1.82) is 0 Å². The van der Waals surface area contributed by atoms with Crippen molar-refractivity contribution in [3.63, 3.8) is 0 Å². The number of rotatable bonds is 5. The second-order valence-corrected chi connectivity index (χ2v) is 7.53. The fraction of sp³-hybridized carbons (Fsp3) is 0.812. The number of likely N-dealkylation sites (tertiary alicyclic amines) is 1. The molecule has 1 aromatic heterocycles. The summed E-state index contributed by atoms with van der Waals surface area (Å²) in [5.74, 6) is 0. The van der Waals surface area contributed by atoms with E-state index in [1.54, 1.807) is 0 Å². The maximum absolute atomic E-state index is 11.1. The summed E-state index contributed by atoms with van der Waals surface area (Å²) in [6.45, 7) is 8.14. The van der Waals surface area contributed by atoms with Gasteiger partial charge in [0, 0.05) is 31.6 Å². The Morgan fingerprint density at radius 1 is 1.38 bits per heavy atom. The van der Waals surface area contributed by atoms with Gasteiger partial charge in [0.25, 0.3) is 0 Å². The number of halogens is 1. The van der Waals surface area contributed by atoms with Crippen LogP contribution < -0.4 is 0 Å². The molecule has 118 valence electrons. The fourth-order valence-corrected chi connectivity index (χ4v) is 4.45. The molecular formula is C16H26BrN3O. The van der Waals surface area contributed by atoms with Crippen molar-refractivity contribution < 1.29 is 5.11 Å². The van der Waals surface area contributed by atoms with Gasteiger partial charge in [-0.1, -0.05) is 6.92 Å². The van der Waals surface area contributed by atoms with E-state index < -0.39 is 5.60 Å². The van der Waals surface area contributed by atoms with E-state index in [4.69, 9.17) is 0 Å². The summed E-state index contributed by atoms with van der Waals surface area (Å²) in [6.07, 6.45) is 5.09. The lowest BCUT2D eigenvalue weighted by molar-refractivity contribution is 0.0465. The average molecular weight is 356 g/mol. The topological polar surface area (TPSA) is 41.3 Å². The molecule has 5 heteroatoms. The fourth-order valence-electron chi connectivity index (χ4n) is 3.75. The van der Waals surface area contributed by atoms with E-state index >= 15 is 0 Å². The Hall–Kier alpha value is -0.390. The third-order valence-electron chi connectivity index (χ3n) is 4.92. The second kappa shape index (κ2) is 5.67. The molecule has 2 unspecified atom stereocenters. The number of hydrogen-bond acceptors (Lipinski definition) is 3. The van der Waals surface area contributed by atoms with E-state index in [2.05, 4.69) is 46.7 Å². The Morgan fingerprint density at radius 3 is 2.67 bits per heavy atom. The van der Waals surface area contributed by atoms with Crippen LogP contribution in [-0.2, 0) is 19.4 Å². The number of nitrogens with zero attached hydrogens (tertiary/aromatic N) is 3. The van der Waals surface area contributed by atoms with Crippen LogP contribution >= 0.6 is 15.9 Å². The lowest BCUT2D eigenvalue weighted by Gasteiger charge is -2.24. The largest absolute Gasteiger partial charge is 0.388 e. The minimum atomic E-state index is -0.609. The lowest BCUT2D eigenvalue weighted by Crippen LogP contribution is -2.37. The molecule has 0 spiro atoms. The van der Waals surface area contributed by atoms with Gasteiger partial charge in [0.2, 0.25) is 0 Å². The average Bonchev–Trinajstić information content (AvgIpc) is 3.18. The molecule has 0 radical (unpaired) electrons. The van der Waals surface area contributed by atoms with Gasteiger partial charge in [0.1, 0.15) is 0 Å². The van der Waals surface area contributed by atoms with Crippen molar-refractivity contribution >= 4 is 15.9 Å². The van der Waals surface area contributed by atoms with Gasteiger partial charge in [0.05, 0.1) is 21.5 Å². The first-order chi connectivity index (χ1) is 9.97. The van der Waals surface area contributed by atoms with Gasteiger partial charge < -0.3 is 5.11 Å². The molecule has 4 nitrogen and oxygen atoms in total. The van der Waals surface area contributed by atoms with Crippen molar-refractivity contribution in [3.05, 3.63) is 15.9 Å². The summed E-state index contributed by atoms with van der Waals surface area (Å²) in [6, 6.07) is 1.21. The number of β-amino-alcohol motifs (C(OH)–C–C–N with tert-alkyl or cyclic N) is 1. The molecule has 1 aromatic rings. The van der Waals surface area contributed by atoms with E-state index in [9.17, 15) is 5.11 Å². The summed E-state index contributed by atoms with van der Waals surface area (Å²) in [5.41, 5.74) is 1.64. The summed E-state index contributed by atoms with van der Waals surface area (Å²) < 4.78 is 3.14. The van der Waals surface area contributed by atoms with Crippen molar-refractivity contribution in [2.75, 3.05) is 6.54 Å². The van der Waals surface area contributed by atoms with Gasteiger partial charge in [-0.25, -0.2) is 0 Å². The summed E-state index contributed by atoms with van der Waals surface area (Å²) >= 11 is 3.70. The molecule has 1 saturated heterocycles. The highest BCUT2D eigenvalue weighted by Gasteiger charge is 2.46. The third-order valence-corrected chi connectivity index (χ3v) is 5.84. The van der Waals surface area contributed by atoms with E-state index in [1.807, 2.05) is 4.68 Å². The number of hydrogen-bond donors (Lipinski definition) is 1. The molecule has 3 rings (SSSR count). The van der Waals surface area contributed by atoms with Gasteiger partial charge in [-0.2, -0.15) is 5.10 Å². The van der Waals surface area contributed by atoms with Crippen LogP contribution in [0.2, 0.25) is 0 Å². The maximum Gasteiger partial charge on any atom is 0.0844 e. The predicted molar refractivity (Wildman–Crippen MR) is 87.4 cm³/mol. The number of aliphatic hydroxyl groups is 1. The van der Waals surface area contributed by atoms with Gasteiger partial charge >= 0.3 is 0 Å². The minimum Gasteiger partial charge on any atom is -0.388 e. The van der Waals surface area contributed by atoms with Crippen molar-refractivity contribution in [3.8, 4) is 0 Å². The Labute approximate surface area is 135 Å². The summed E-state index contributed by atoms with van der Waals surface area (Å²) in [4.78, 5) is 2.50. The van der Waals surface area contributed by atoms with Crippen molar-refractivity contribution in [2.45, 2.75) is 77.1 Å².